The number of nitrogens with one attached hydrogen (secondary N) is 1. The summed E-state index contributed by atoms with van der Waals surface area (Å²) in [5, 5.41) is 3.57. The molecule has 0 aromatic heterocycles. The van der Waals surface area contributed by atoms with Crippen molar-refractivity contribution >= 4 is 21.6 Å². The lowest BCUT2D eigenvalue weighted by atomic mass is 9.93. The van der Waals surface area contributed by atoms with Crippen molar-refractivity contribution in [3.05, 3.63) is 28.2 Å². The van der Waals surface area contributed by atoms with E-state index in [2.05, 4.69) is 39.4 Å². The predicted molar refractivity (Wildman–Crippen MR) is 59.7 cm³/mol. The van der Waals surface area contributed by atoms with Crippen molar-refractivity contribution in [3.63, 3.8) is 0 Å². The zero-order chi connectivity index (χ0) is 9.54. The molecule has 0 amide bonds. The summed E-state index contributed by atoms with van der Waals surface area (Å²) in [6.07, 6.45) is 1.12. The monoisotopic (exact) mass is 253 g/mol. The molecule has 14 heavy (non-hydrogen) atoms. The number of rotatable bonds is 0. The maximum Gasteiger partial charge on any atom is 0.0555 e. The summed E-state index contributed by atoms with van der Waals surface area (Å²) in [6.45, 7) is 1.76. The van der Waals surface area contributed by atoms with Crippen LogP contribution in [0, 0.1) is 0 Å². The van der Waals surface area contributed by atoms with Gasteiger partial charge in [0.2, 0.25) is 0 Å². The molecule has 3 heteroatoms. The van der Waals surface area contributed by atoms with Gasteiger partial charge >= 0.3 is 0 Å². The van der Waals surface area contributed by atoms with Crippen LogP contribution in [-0.4, -0.2) is 19.3 Å². The van der Waals surface area contributed by atoms with Gasteiger partial charge in [-0.1, -0.05) is 22.0 Å². The van der Waals surface area contributed by atoms with Crippen LogP contribution in [0.2, 0.25) is 0 Å². The third-order valence-corrected chi connectivity index (χ3v) is 3.61. The highest BCUT2D eigenvalue weighted by Gasteiger charge is 2.34. The summed E-state index contributed by atoms with van der Waals surface area (Å²) in [5.74, 6) is 0.562. The Morgan fingerprint density at radius 3 is 3.29 bits per heavy atom. The van der Waals surface area contributed by atoms with Gasteiger partial charge in [-0.25, -0.2) is 0 Å². The number of benzene rings is 1. The molecule has 2 heterocycles. The van der Waals surface area contributed by atoms with E-state index < -0.39 is 0 Å². The molecule has 1 fully saturated rings. The Bertz CT molecular complexity index is 366. The van der Waals surface area contributed by atoms with E-state index in [4.69, 9.17) is 4.74 Å². The van der Waals surface area contributed by atoms with Crippen molar-refractivity contribution in [2.75, 3.05) is 18.5 Å². The Kier molecular flexibility index (Phi) is 2.03. The minimum absolute atomic E-state index is 0.562. The number of ether oxygens (including phenoxy) is 1. The molecule has 2 atom stereocenters. The molecular weight excluding hydrogens is 242 g/mol. The van der Waals surface area contributed by atoms with Crippen molar-refractivity contribution in [2.24, 2.45) is 0 Å². The zero-order valence-corrected chi connectivity index (χ0v) is 9.38. The Labute approximate surface area is 91.8 Å². The first-order valence-corrected chi connectivity index (χ1v) is 5.77. The summed E-state index contributed by atoms with van der Waals surface area (Å²) in [6, 6.07) is 7.06. The zero-order valence-electron chi connectivity index (χ0n) is 7.79. The molecule has 1 N–H and O–H groups in total. The quantitative estimate of drug-likeness (QED) is 0.768. The predicted octanol–water partition coefficient (Wildman–Crippen LogP) is 2.75. The molecule has 0 spiro atoms. The molecule has 2 aliphatic rings. The van der Waals surface area contributed by atoms with E-state index in [0.29, 0.717) is 12.0 Å². The largest absolute Gasteiger partial charge is 0.381 e. The summed E-state index contributed by atoms with van der Waals surface area (Å²) < 4.78 is 6.66. The van der Waals surface area contributed by atoms with E-state index in [1.807, 2.05) is 0 Å². The lowest BCUT2D eigenvalue weighted by Gasteiger charge is -2.25. The molecular formula is C11H12BrNO. The number of fused-ring (bicyclic) bond motifs is 3. The van der Waals surface area contributed by atoms with Crippen LogP contribution in [0.3, 0.4) is 0 Å². The molecule has 3 rings (SSSR count). The highest BCUT2D eigenvalue weighted by atomic mass is 79.9. The van der Waals surface area contributed by atoms with Gasteiger partial charge in [0, 0.05) is 28.7 Å². The average molecular weight is 254 g/mol. The standard InChI is InChI=1S/C11H12BrNO/c12-7-1-2-8-9-6-14-4-3-10(9)13-11(8)5-7/h1-2,5,9-10,13H,3-4,6H2. The first-order chi connectivity index (χ1) is 6.84. The summed E-state index contributed by atoms with van der Waals surface area (Å²) in [5.41, 5.74) is 2.69. The third kappa shape index (κ3) is 1.27. The first-order valence-electron chi connectivity index (χ1n) is 4.98. The van der Waals surface area contributed by atoms with Crippen molar-refractivity contribution in [3.8, 4) is 0 Å². The van der Waals surface area contributed by atoms with E-state index in [0.717, 1.165) is 24.1 Å². The normalized spacial score (nSPS) is 29.2. The Morgan fingerprint density at radius 1 is 1.43 bits per heavy atom. The van der Waals surface area contributed by atoms with E-state index in [9.17, 15) is 0 Å². The maximum atomic E-state index is 5.52. The molecule has 2 aliphatic heterocycles. The van der Waals surface area contributed by atoms with Crippen LogP contribution in [-0.2, 0) is 4.74 Å². The van der Waals surface area contributed by atoms with E-state index in [1.165, 1.54) is 11.3 Å². The van der Waals surface area contributed by atoms with Crippen LogP contribution in [0.4, 0.5) is 5.69 Å². The van der Waals surface area contributed by atoms with Crippen LogP contribution in [0.5, 0.6) is 0 Å². The van der Waals surface area contributed by atoms with Gasteiger partial charge in [-0.05, 0) is 24.1 Å². The van der Waals surface area contributed by atoms with E-state index in [1.54, 1.807) is 0 Å². The Balaban J connectivity index is 2.01. The lowest BCUT2D eigenvalue weighted by Crippen LogP contribution is -2.30. The molecule has 2 unspecified atom stereocenters. The summed E-state index contributed by atoms with van der Waals surface area (Å²) in [7, 11) is 0. The van der Waals surface area contributed by atoms with Gasteiger partial charge in [0.25, 0.3) is 0 Å². The SMILES string of the molecule is Brc1ccc2c(c1)NC1CCOCC21. The molecule has 74 valence electrons. The number of hydrogen-bond acceptors (Lipinski definition) is 2. The fourth-order valence-corrected chi connectivity index (χ4v) is 2.75. The van der Waals surface area contributed by atoms with Crippen LogP contribution >= 0.6 is 15.9 Å². The molecule has 0 aliphatic carbocycles. The summed E-state index contributed by atoms with van der Waals surface area (Å²) in [4.78, 5) is 0. The molecule has 1 saturated heterocycles. The van der Waals surface area contributed by atoms with Crippen LogP contribution in [0.15, 0.2) is 22.7 Å². The number of hydrogen-bond donors (Lipinski definition) is 1. The molecule has 1 aromatic rings. The lowest BCUT2D eigenvalue weighted by molar-refractivity contribution is 0.0769. The second-order valence-electron chi connectivity index (χ2n) is 3.95. The van der Waals surface area contributed by atoms with Crippen LogP contribution in [0.1, 0.15) is 17.9 Å². The second-order valence-corrected chi connectivity index (χ2v) is 4.87. The van der Waals surface area contributed by atoms with Gasteiger partial charge in [0.1, 0.15) is 0 Å². The third-order valence-electron chi connectivity index (χ3n) is 3.11. The van der Waals surface area contributed by atoms with Crippen molar-refractivity contribution in [1.82, 2.24) is 0 Å². The fourth-order valence-electron chi connectivity index (χ4n) is 2.39. The molecule has 0 bridgehead atoms. The minimum atomic E-state index is 0.562. The van der Waals surface area contributed by atoms with E-state index >= 15 is 0 Å². The highest BCUT2D eigenvalue weighted by molar-refractivity contribution is 9.10. The van der Waals surface area contributed by atoms with Crippen LogP contribution in [0.25, 0.3) is 0 Å². The molecule has 2 nitrogen and oxygen atoms in total. The molecule has 1 aromatic carbocycles. The second kappa shape index (κ2) is 3.24. The topological polar surface area (TPSA) is 21.3 Å². The van der Waals surface area contributed by atoms with Gasteiger partial charge in [-0.3, -0.25) is 0 Å². The van der Waals surface area contributed by atoms with Gasteiger partial charge in [0.15, 0.2) is 0 Å². The van der Waals surface area contributed by atoms with Gasteiger partial charge in [0.05, 0.1) is 6.61 Å². The highest BCUT2D eigenvalue weighted by Crippen LogP contribution is 2.40. The van der Waals surface area contributed by atoms with Gasteiger partial charge in [-0.2, -0.15) is 0 Å². The van der Waals surface area contributed by atoms with Crippen LogP contribution < -0.4 is 5.32 Å². The maximum absolute atomic E-state index is 5.52. The average Bonchev–Trinajstić information content (AvgIpc) is 2.54. The smallest absolute Gasteiger partial charge is 0.0555 e. The number of halogens is 1. The van der Waals surface area contributed by atoms with Crippen molar-refractivity contribution in [2.45, 2.75) is 18.4 Å². The van der Waals surface area contributed by atoms with E-state index in [-0.39, 0.29) is 0 Å². The molecule has 0 saturated carbocycles. The fraction of sp³-hybridized carbons (Fsp3) is 0.455. The van der Waals surface area contributed by atoms with Crippen molar-refractivity contribution in [1.29, 1.82) is 0 Å². The summed E-state index contributed by atoms with van der Waals surface area (Å²) >= 11 is 3.49. The Hall–Kier alpha value is -0.540. The first kappa shape index (κ1) is 8.74. The number of anilines is 1. The van der Waals surface area contributed by atoms with Gasteiger partial charge in [-0.15, -0.1) is 0 Å². The van der Waals surface area contributed by atoms with Gasteiger partial charge < -0.3 is 10.1 Å². The minimum Gasteiger partial charge on any atom is -0.381 e. The molecule has 0 radical (unpaired) electrons. The van der Waals surface area contributed by atoms with Crippen molar-refractivity contribution < 1.29 is 4.74 Å². The Morgan fingerprint density at radius 2 is 2.36 bits per heavy atom.